The Labute approximate surface area is 110 Å². The van der Waals surface area contributed by atoms with E-state index in [-0.39, 0.29) is 11.9 Å². The van der Waals surface area contributed by atoms with Crippen molar-refractivity contribution in [2.75, 3.05) is 11.4 Å². The van der Waals surface area contributed by atoms with E-state index in [0.717, 1.165) is 19.3 Å². The topological polar surface area (TPSA) is 73.2 Å². The Hall–Kier alpha value is -2.35. The van der Waals surface area contributed by atoms with Crippen LogP contribution in [0.3, 0.4) is 0 Å². The number of carbonyl (C=O) groups excluding carboxylic acids is 2. The summed E-state index contributed by atoms with van der Waals surface area (Å²) in [6, 6.07) is 8.12. The molecule has 2 aliphatic rings. The van der Waals surface area contributed by atoms with E-state index in [0.29, 0.717) is 17.8 Å². The third-order valence-corrected chi connectivity index (χ3v) is 4.00. The van der Waals surface area contributed by atoms with Crippen LogP contribution in [0.2, 0.25) is 0 Å². The normalized spacial score (nSPS) is 20.7. The van der Waals surface area contributed by atoms with E-state index in [1.807, 2.05) is 6.07 Å². The second-order valence-corrected chi connectivity index (χ2v) is 5.09. The number of nitriles is 1. The van der Waals surface area contributed by atoms with Gasteiger partial charge >= 0.3 is 6.03 Å². The van der Waals surface area contributed by atoms with Crippen LogP contribution in [0.25, 0.3) is 0 Å². The van der Waals surface area contributed by atoms with Crippen molar-refractivity contribution in [3.8, 4) is 6.07 Å². The maximum Gasteiger partial charge on any atom is 0.328 e. The first-order valence-electron chi connectivity index (χ1n) is 6.29. The van der Waals surface area contributed by atoms with Crippen LogP contribution in [0, 0.1) is 16.7 Å². The summed E-state index contributed by atoms with van der Waals surface area (Å²) in [6.45, 7) is 0.442. The van der Waals surface area contributed by atoms with Crippen molar-refractivity contribution in [3.05, 3.63) is 29.8 Å². The number of benzene rings is 1. The molecule has 1 N–H and O–H groups in total. The van der Waals surface area contributed by atoms with Crippen LogP contribution in [0.4, 0.5) is 10.5 Å². The number of urea groups is 1. The molecule has 0 radical (unpaired) electrons. The highest BCUT2D eigenvalue weighted by molar-refractivity contribution is 6.18. The molecule has 5 heteroatoms. The lowest BCUT2D eigenvalue weighted by molar-refractivity contribution is -0.132. The number of hydrogen-bond donors (Lipinski definition) is 1. The average Bonchev–Trinajstić information content (AvgIpc) is 2.38. The van der Waals surface area contributed by atoms with E-state index in [2.05, 4.69) is 5.32 Å². The summed E-state index contributed by atoms with van der Waals surface area (Å²) >= 11 is 0. The van der Waals surface area contributed by atoms with Crippen molar-refractivity contribution in [2.24, 2.45) is 5.41 Å². The summed E-state index contributed by atoms with van der Waals surface area (Å²) in [5.74, 6) is -0.118. The molecule has 1 heterocycles. The molecular weight excluding hydrogens is 242 g/mol. The van der Waals surface area contributed by atoms with Crippen LogP contribution >= 0.6 is 0 Å². The van der Waals surface area contributed by atoms with Gasteiger partial charge < -0.3 is 5.32 Å². The molecule has 1 saturated carbocycles. The number of rotatable bonds is 1. The van der Waals surface area contributed by atoms with Gasteiger partial charge in [-0.25, -0.2) is 9.69 Å². The second-order valence-electron chi connectivity index (χ2n) is 5.09. The zero-order valence-corrected chi connectivity index (χ0v) is 10.3. The van der Waals surface area contributed by atoms with Gasteiger partial charge in [0.2, 0.25) is 5.91 Å². The summed E-state index contributed by atoms with van der Waals surface area (Å²) in [5.41, 5.74) is 0.626. The van der Waals surface area contributed by atoms with Crippen LogP contribution in [-0.2, 0) is 4.79 Å². The molecule has 1 aromatic rings. The standard InChI is InChI=1S/C14H13N3O2/c15-8-10-2-4-11(5-3-10)17-12(18)14(6-1-7-14)9-16-13(17)19/h2-5H,1,6-7,9H2,(H,16,19). The number of nitrogens with one attached hydrogen (secondary N) is 1. The zero-order valence-electron chi connectivity index (χ0n) is 10.3. The number of anilines is 1. The number of imide groups is 1. The first-order valence-corrected chi connectivity index (χ1v) is 6.29. The number of carbonyl (C=O) groups is 2. The highest BCUT2D eigenvalue weighted by Crippen LogP contribution is 2.44. The lowest BCUT2D eigenvalue weighted by Crippen LogP contribution is -2.63. The van der Waals surface area contributed by atoms with Crippen LogP contribution in [0.1, 0.15) is 24.8 Å². The Balaban J connectivity index is 1.94. The number of hydrogen-bond acceptors (Lipinski definition) is 3. The summed E-state index contributed by atoms with van der Waals surface area (Å²) in [6.07, 6.45) is 2.70. The van der Waals surface area contributed by atoms with Gasteiger partial charge in [-0.15, -0.1) is 0 Å². The first-order chi connectivity index (χ1) is 9.16. The predicted octanol–water partition coefficient (Wildman–Crippen LogP) is 1.78. The van der Waals surface area contributed by atoms with Crippen molar-refractivity contribution in [1.82, 2.24) is 5.32 Å². The largest absolute Gasteiger partial charge is 0.336 e. The van der Waals surface area contributed by atoms with Gasteiger partial charge in [0.05, 0.1) is 22.7 Å². The highest BCUT2D eigenvalue weighted by atomic mass is 16.2. The first kappa shape index (κ1) is 11.7. The second kappa shape index (κ2) is 4.09. The van der Waals surface area contributed by atoms with Crippen LogP contribution in [0.15, 0.2) is 24.3 Å². The zero-order chi connectivity index (χ0) is 13.5. The van der Waals surface area contributed by atoms with E-state index in [1.54, 1.807) is 24.3 Å². The van der Waals surface area contributed by atoms with Crippen molar-refractivity contribution in [1.29, 1.82) is 5.26 Å². The summed E-state index contributed by atoms with van der Waals surface area (Å²) < 4.78 is 0. The van der Waals surface area contributed by atoms with Crippen LogP contribution < -0.4 is 10.2 Å². The number of nitrogens with zero attached hydrogens (tertiary/aromatic N) is 2. The Kier molecular flexibility index (Phi) is 2.53. The van der Waals surface area contributed by atoms with Crippen LogP contribution in [-0.4, -0.2) is 18.5 Å². The highest BCUT2D eigenvalue weighted by Gasteiger charge is 2.51. The van der Waals surface area contributed by atoms with Gasteiger partial charge in [0.1, 0.15) is 0 Å². The molecule has 1 spiro atoms. The molecule has 0 atom stereocenters. The molecule has 3 rings (SSSR count). The fraction of sp³-hybridized carbons (Fsp3) is 0.357. The molecule has 1 aromatic carbocycles. The van der Waals surface area contributed by atoms with Crippen molar-refractivity contribution in [2.45, 2.75) is 19.3 Å². The Morgan fingerprint density at radius 2 is 1.89 bits per heavy atom. The molecule has 3 amide bonds. The molecule has 1 aliphatic heterocycles. The molecule has 0 bridgehead atoms. The molecule has 19 heavy (non-hydrogen) atoms. The predicted molar refractivity (Wildman–Crippen MR) is 68.3 cm³/mol. The lowest BCUT2D eigenvalue weighted by Gasteiger charge is -2.46. The molecule has 2 fully saturated rings. The fourth-order valence-corrected chi connectivity index (χ4v) is 2.64. The van der Waals surface area contributed by atoms with Gasteiger partial charge in [-0.05, 0) is 37.1 Å². The van der Waals surface area contributed by atoms with Gasteiger partial charge in [-0.2, -0.15) is 5.26 Å². The Morgan fingerprint density at radius 1 is 1.21 bits per heavy atom. The Morgan fingerprint density at radius 3 is 2.42 bits per heavy atom. The van der Waals surface area contributed by atoms with E-state index < -0.39 is 5.41 Å². The molecule has 5 nitrogen and oxygen atoms in total. The molecular formula is C14H13N3O2. The SMILES string of the molecule is N#Cc1ccc(N2C(=O)NCC3(CCC3)C2=O)cc1. The average molecular weight is 255 g/mol. The van der Waals surface area contributed by atoms with Gasteiger partial charge in [0.15, 0.2) is 0 Å². The number of amides is 3. The minimum atomic E-state index is -0.401. The molecule has 96 valence electrons. The molecule has 1 saturated heterocycles. The van der Waals surface area contributed by atoms with Crippen molar-refractivity contribution in [3.63, 3.8) is 0 Å². The monoisotopic (exact) mass is 255 g/mol. The quantitative estimate of drug-likeness (QED) is 0.831. The van der Waals surface area contributed by atoms with Gasteiger partial charge in [-0.3, -0.25) is 4.79 Å². The smallest absolute Gasteiger partial charge is 0.328 e. The fourth-order valence-electron chi connectivity index (χ4n) is 2.64. The lowest BCUT2D eigenvalue weighted by atomic mass is 9.67. The van der Waals surface area contributed by atoms with E-state index in [1.165, 1.54) is 4.90 Å². The third-order valence-electron chi connectivity index (χ3n) is 4.00. The van der Waals surface area contributed by atoms with E-state index in [9.17, 15) is 9.59 Å². The molecule has 0 aromatic heterocycles. The maximum absolute atomic E-state index is 12.5. The van der Waals surface area contributed by atoms with E-state index >= 15 is 0 Å². The van der Waals surface area contributed by atoms with Gasteiger partial charge in [0, 0.05) is 6.54 Å². The minimum Gasteiger partial charge on any atom is -0.336 e. The van der Waals surface area contributed by atoms with Gasteiger partial charge in [0.25, 0.3) is 0 Å². The third kappa shape index (κ3) is 1.68. The van der Waals surface area contributed by atoms with Crippen molar-refractivity contribution < 1.29 is 9.59 Å². The molecule has 1 aliphatic carbocycles. The summed E-state index contributed by atoms with van der Waals surface area (Å²) in [4.78, 5) is 25.6. The maximum atomic E-state index is 12.5. The molecule has 0 unspecified atom stereocenters. The van der Waals surface area contributed by atoms with Crippen LogP contribution in [0.5, 0.6) is 0 Å². The van der Waals surface area contributed by atoms with Crippen molar-refractivity contribution >= 4 is 17.6 Å². The summed E-state index contributed by atoms with van der Waals surface area (Å²) in [5, 5.41) is 11.5. The minimum absolute atomic E-state index is 0.118. The van der Waals surface area contributed by atoms with E-state index in [4.69, 9.17) is 5.26 Å². The summed E-state index contributed by atoms with van der Waals surface area (Å²) in [7, 11) is 0. The Bertz CT molecular complexity index is 582. The van der Waals surface area contributed by atoms with Gasteiger partial charge in [-0.1, -0.05) is 6.42 Å².